The highest BCUT2D eigenvalue weighted by atomic mass is 35.5. The van der Waals surface area contributed by atoms with Crippen molar-refractivity contribution in [1.82, 2.24) is 16.0 Å². The van der Waals surface area contributed by atoms with Gasteiger partial charge in [-0.1, -0.05) is 25.8 Å². The van der Waals surface area contributed by atoms with Crippen LogP contribution in [0.1, 0.15) is 37.8 Å². The average molecular weight is 510 g/mol. The molecule has 12 heteroatoms. The van der Waals surface area contributed by atoms with Crippen molar-refractivity contribution in [2.24, 2.45) is 11.7 Å². The number of carboxylic acid groups (broad SMARTS) is 1. The molecule has 0 aliphatic rings. The summed E-state index contributed by atoms with van der Waals surface area (Å²) in [6.07, 6.45) is 4.34. The summed E-state index contributed by atoms with van der Waals surface area (Å²) in [5.41, 5.74) is 7.05. The molecule has 1 rings (SSSR count). The summed E-state index contributed by atoms with van der Waals surface area (Å²) in [6, 6.07) is 2.32. The Bertz CT molecular complexity index is 933. The molecule has 7 N–H and O–H groups in total. The van der Waals surface area contributed by atoms with Crippen molar-refractivity contribution in [2.45, 2.75) is 51.3 Å². The lowest BCUT2D eigenvalue weighted by atomic mass is 10.0. The summed E-state index contributed by atoms with van der Waals surface area (Å²) in [7, 11) is 0. The zero-order valence-electron chi connectivity index (χ0n) is 19.7. The van der Waals surface area contributed by atoms with Gasteiger partial charge in [0.25, 0.3) is 0 Å². The third kappa shape index (κ3) is 11.0. The molecule has 11 nitrogen and oxygen atoms in total. The normalized spacial score (nSPS) is 12.2. The number of carbonyl (C=O) groups excluding carboxylic acids is 3. The van der Waals surface area contributed by atoms with Crippen molar-refractivity contribution < 1.29 is 29.0 Å². The van der Waals surface area contributed by atoms with E-state index in [1.165, 1.54) is 0 Å². The van der Waals surface area contributed by atoms with Gasteiger partial charge in [0.2, 0.25) is 11.8 Å². The van der Waals surface area contributed by atoms with Gasteiger partial charge in [0, 0.05) is 18.1 Å². The smallest absolute Gasteiger partial charge is 0.405 e. The molecular formula is C23H32ClN5O6. The molecule has 0 heterocycles. The molecule has 192 valence electrons. The lowest BCUT2D eigenvalue weighted by Gasteiger charge is -2.24. The second kappa shape index (κ2) is 15.4. The van der Waals surface area contributed by atoms with Crippen molar-refractivity contribution in [2.75, 3.05) is 18.5 Å². The summed E-state index contributed by atoms with van der Waals surface area (Å²) in [5.74, 6) is 1.08. The topological polar surface area (TPSA) is 172 Å². The maximum atomic E-state index is 13.1. The molecular weight excluding hydrogens is 478 g/mol. The van der Waals surface area contributed by atoms with Crippen molar-refractivity contribution in [3.8, 4) is 12.3 Å². The summed E-state index contributed by atoms with van der Waals surface area (Å²) in [5, 5.41) is 19.0. The Morgan fingerprint density at radius 2 is 1.89 bits per heavy atom. The largest absolute Gasteiger partial charge is 0.465 e. The van der Waals surface area contributed by atoms with Gasteiger partial charge in [-0.15, -0.1) is 18.0 Å². The summed E-state index contributed by atoms with van der Waals surface area (Å²) in [6.45, 7) is 3.86. The molecule has 1 aromatic carbocycles. The number of hydrogen-bond donors (Lipinski definition) is 6. The quantitative estimate of drug-likeness (QED) is 0.127. The standard InChI is InChI=1S/C23H32ClN5O6/c1-4-10-35-13-16-11-17(8-7-15(16)12-24)27-20(30)18(6-5-9-26-22(25)32)28-21(31)19(14(2)3)29-23(33)34/h1,7-8,11,14,18-19,29H,5-6,9-10,12-13H2,2-3H3,(H,27,30)(H,28,31)(H,33,34)(H3,25,26,32)/t18-,19-/m0/s1. The van der Waals surface area contributed by atoms with E-state index in [4.69, 9.17) is 33.6 Å². The number of terminal acetylenes is 1. The number of rotatable bonds is 14. The number of amides is 5. The van der Waals surface area contributed by atoms with Crippen LogP contribution < -0.4 is 27.0 Å². The fourth-order valence-corrected chi connectivity index (χ4v) is 3.39. The third-order valence-corrected chi connectivity index (χ3v) is 5.18. The molecule has 0 aliphatic carbocycles. The number of urea groups is 1. The van der Waals surface area contributed by atoms with Crippen LogP contribution >= 0.6 is 11.6 Å². The van der Waals surface area contributed by atoms with Gasteiger partial charge in [-0.2, -0.15) is 0 Å². The number of benzene rings is 1. The highest BCUT2D eigenvalue weighted by Gasteiger charge is 2.28. The van der Waals surface area contributed by atoms with Gasteiger partial charge in [0.05, 0.1) is 6.61 Å². The molecule has 0 radical (unpaired) electrons. The van der Waals surface area contributed by atoms with Crippen LogP contribution in [0.5, 0.6) is 0 Å². The molecule has 2 atom stereocenters. The fraction of sp³-hybridized carbons (Fsp3) is 0.478. The van der Waals surface area contributed by atoms with E-state index in [2.05, 4.69) is 27.2 Å². The van der Waals surface area contributed by atoms with E-state index < -0.39 is 36.0 Å². The van der Waals surface area contributed by atoms with E-state index in [9.17, 15) is 19.2 Å². The first kappa shape index (κ1) is 29.5. The molecule has 0 aromatic heterocycles. The Balaban J connectivity index is 3.02. The number of halogens is 1. The minimum atomic E-state index is -1.36. The van der Waals surface area contributed by atoms with Gasteiger partial charge < -0.3 is 36.8 Å². The lowest BCUT2D eigenvalue weighted by molar-refractivity contribution is -0.128. The van der Waals surface area contributed by atoms with Crippen LogP contribution in [0.15, 0.2) is 18.2 Å². The van der Waals surface area contributed by atoms with Crippen LogP contribution in [-0.4, -0.2) is 54.3 Å². The number of carbonyl (C=O) groups is 4. The third-order valence-electron chi connectivity index (χ3n) is 4.89. The van der Waals surface area contributed by atoms with Crippen molar-refractivity contribution in [3.63, 3.8) is 0 Å². The molecule has 5 amide bonds. The Kier molecular flexibility index (Phi) is 13.0. The van der Waals surface area contributed by atoms with E-state index in [0.29, 0.717) is 12.1 Å². The zero-order chi connectivity index (χ0) is 26.4. The number of anilines is 1. The molecule has 0 saturated carbocycles. The molecule has 0 aliphatic heterocycles. The van der Waals surface area contributed by atoms with Crippen molar-refractivity contribution in [1.29, 1.82) is 0 Å². The first-order valence-electron chi connectivity index (χ1n) is 10.9. The second-order valence-electron chi connectivity index (χ2n) is 7.97. The van der Waals surface area contributed by atoms with E-state index in [0.717, 1.165) is 11.1 Å². The Morgan fingerprint density at radius 1 is 1.17 bits per heavy atom. The first-order valence-corrected chi connectivity index (χ1v) is 11.4. The van der Waals surface area contributed by atoms with Crippen LogP contribution in [0, 0.1) is 18.3 Å². The average Bonchev–Trinajstić information content (AvgIpc) is 2.79. The lowest BCUT2D eigenvalue weighted by Crippen LogP contribution is -2.54. The predicted octanol–water partition coefficient (Wildman–Crippen LogP) is 1.74. The van der Waals surface area contributed by atoms with Gasteiger partial charge in [-0.25, -0.2) is 9.59 Å². The van der Waals surface area contributed by atoms with E-state index >= 15 is 0 Å². The van der Waals surface area contributed by atoms with E-state index in [-0.39, 0.29) is 38.0 Å². The maximum absolute atomic E-state index is 13.1. The first-order chi connectivity index (χ1) is 16.6. The maximum Gasteiger partial charge on any atom is 0.405 e. The molecule has 35 heavy (non-hydrogen) atoms. The van der Waals surface area contributed by atoms with Crippen LogP contribution in [-0.2, 0) is 26.8 Å². The number of alkyl halides is 1. The van der Waals surface area contributed by atoms with Crippen LogP contribution in [0.4, 0.5) is 15.3 Å². The second-order valence-corrected chi connectivity index (χ2v) is 8.24. The Morgan fingerprint density at radius 3 is 2.46 bits per heavy atom. The molecule has 0 bridgehead atoms. The minimum Gasteiger partial charge on any atom is -0.465 e. The number of nitrogens with one attached hydrogen (secondary N) is 4. The minimum absolute atomic E-state index is 0.118. The molecule has 0 saturated heterocycles. The number of ether oxygens (including phenoxy) is 1. The van der Waals surface area contributed by atoms with Crippen LogP contribution in [0.25, 0.3) is 0 Å². The SMILES string of the molecule is C#CCOCc1cc(NC(=O)[C@H](CCCNC(N)=O)NC(=O)[C@@H](NC(=O)O)C(C)C)ccc1CCl. The van der Waals surface area contributed by atoms with Crippen molar-refractivity contribution >= 4 is 41.2 Å². The predicted molar refractivity (Wildman–Crippen MR) is 132 cm³/mol. The van der Waals surface area contributed by atoms with Gasteiger partial charge in [0.1, 0.15) is 18.7 Å². The Hall–Kier alpha value is -3.49. The number of nitrogens with two attached hydrogens (primary N) is 1. The van der Waals surface area contributed by atoms with Crippen LogP contribution in [0.3, 0.4) is 0 Å². The van der Waals surface area contributed by atoms with E-state index in [1.807, 2.05) is 0 Å². The Labute approximate surface area is 209 Å². The van der Waals surface area contributed by atoms with Gasteiger partial charge in [-0.05, 0) is 42.0 Å². The number of primary amides is 1. The van der Waals surface area contributed by atoms with Gasteiger partial charge in [0.15, 0.2) is 0 Å². The van der Waals surface area contributed by atoms with E-state index in [1.54, 1.807) is 32.0 Å². The molecule has 0 unspecified atom stereocenters. The number of hydrogen-bond acceptors (Lipinski definition) is 5. The summed E-state index contributed by atoms with van der Waals surface area (Å²) in [4.78, 5) is 47.8. The van der Waals surface area contributed by atoms with Gasteiger partial charge in [-0.3, -0.25) is 9.59 Å². The van der Waals surface area contributed by atoms with Gasteiger partial charge >= 0.3 is 12.1 Å². The highest BCUT2D eigenvalue weighted by Crippen LogP contribution is 2.19. The fourth-order valence-electron chi connectivity index (χ4n) is 3.13. The van der Waals surface area contributed by atoms with Crippen LogP contribution in [0.2, 0.25) is 0 Å². The highest BCUT2D eigenvalue weighted by molar-refractivity contribution is 6.17. The molecule has 1 aromatic rings. The summed E-state index contributed by atoms with van der Waals surface area (Å²) < 4.78 is 5.37. The zero-order valence-corrected chi connectivity index (χ0v) is 20.5. The molecule has 0 fully saturated rings. The van der Waals surface area contributed by atoms with Crippen molar-refractivity contribution in [3.05, 3.63) is 29.3 Å². The molecule has 0 spiro atoms. The monoisotopic (exact) mass is 509 g/mol. The summed E-state index contributed by atoms with van der Waals surface area (Å²) >= 11 is 5.98.